The number of hydrogen-bond acceptors (Lipinski definition) is 1. The topological polar surface area (TPSA) is 3.24 Å². The van der Waals surface area contributed by atoms with Crippen LogP contribution < -0.4 is 0 Å². The van der Waals surface area contributed by atoms with Gasteiger partial charge in [-0.25, -0.2) is 0 Å². The van der Waals surface area contributed by atoms with Crippen LogP contribution >= 0.6 is 0 Å². The van der Waals surface area contributed by atoms with E-state index in [9.17, 15) is 0 Å². The van der Waals surface area contributed by atoms with Crippen LogP contribution in [-0.2, 0) is 0 Å². The fourth-order valence-corrected chi connectivity index (χ4v) is 0.749. The van der Waals surface area contributed by atoms with Crippen molar-refractivity contribution in [1.29, 1.82) is 0 Å². The van der Waals surface area contributed by atoms with Crippen molar-refractivity contribution in [3.63, 3.8) is 0 Å². The van der Waals surface area contributed by atoms with E-state index in [1.54, 1.807) is 6.08 Å². The molecule has 0 aromatic rings. The van der Waals surface area contributed by atoms with Crippen molar-refractivity contribution in [2.75, 3.05) is 13.6 Å². The molecular weight excluding hydrogens is 170 g/mol. The van der Waals surface area contributed by atoms with Gasteiger partial charge in [0, 0.05) is 19.2 Å². The molecule has 0 heterocycles. The highest BCUT2D eigenvalue weighted by Gasteiger charge is 1.91. The van der Waals surface area contributed by atoms with Gasteiger partial charge < -0.3 is 4.90 Å². The molecule has 0 aromatic heterocycles. The second kappa shape index (κ2) is 6.80. The SMILES string of the molecule is C#C/C(=C/C=C\N(C)CC)C(=C)C=C. The minimum absolute atomic E-state index is 0.765. The van der Waals surface area contributed by atoms with Crippen molar-refractivity contribution in [2.24, 2.45) is 0 Å². The molecule has 0 aliphatic carbocycles. The molecule has 0 atom stereocenters. The Balaban J connectivity index is 4.49. The lowest BCUT2D eigenvalue weighted by molar-refractivity contribution is 0.484. The van der Waals surface area contributed by atoms with Gasteiger partial charge in [-0.05, 0) is 30.8 Å². The normalized spacial score (nSPS) is 11.1. The summed E-state index contributed by atoms with van der Waals surface area (Å²) in [6.45, 7) is 10.5. The largest absolute Gasteiger partial charge is 0.381 e. The lowest BCUT2D eigenvalue weighted by Crippen LogP contribution is -2.07. The molecule has 74 valence electrons. The summed E-state index contributed by atoms with van der Waals surface area (Å²) in [6, 6.07) is 0. The summed E-state index contributed by atoms with van der Waals surface area (Å²) in [5.41, 5.74) is 1.54. The molecule has 0 unspecified atom stereocenters. The van der Waals surface area contributed by atoms with E-state index in [-0.39, 0.29) is 0 Å². The smallest absolute Gasteiger partial charge is 0.0309 e. The van der Waals surface area contributed by atoms with E-state index in [0.29, 0.717) is 0 Å². The van der Waals surface area contributed by atoms with Gasteiger partial charge in [0.2, 0.25) is 0 Å². The summed E-state index contributed by atoms with van der Waals surface area (Å²) in [6.07, 6.45) is 12.7. The van der Waals surface area contributed by atoms with Crippen LogP contribution in [0, 0.1) is 12.3 Å². The van der Waals surface area contributed by atoms with Gasteiger partial charge in [0.15, 0.2) is 0 Å². The van der Waals surface area contributed by atoms with E-state index >= 15 is 0 Å². The highest BCUT2D eigenvalue weighted by atomic mass is 15.1. The second-order valence-electron chi connectivity index (χ2n) is 2.87. The fraction of sp³-hybridized carbons (Fsp3) is 0.231. The third-order valence-electron chi connectivity index (χ3n) is 1.85. The first kappa shape index (κ1) is 12.3. The standard InChI is InChI=1S/C13H17N/c1-6-12(4)13(7-2)10-9-11-14(5)8-3/h2,6,9-11H,1,4,8H2,3,5H3/b11-9-,13-10-. The average molecular weight is 187 g/mol. The number of rotatable bonds is 5. The van der Waals surface area contributed by atoms with Gasteiger partial charge in [-0.3, -0.25) is 0 Å². The van der Waals surface area contributed by atoms with Crippen molar-refractivity contribution in [1.82, 2.24) is 4.90 Å². The minimum Gasteiger partial charge on any atom is -0.381 e. The summed E-state index contributed by atoms with van der Waals surface area (Å²) in [4.78, 5) is 2.06. The third-order valence-corrected chi connectivity index (χ3v) is 1.85. The molecule has 0 bridgehead atoms. The van der Waals surface area contributed by atoms with Crippen LogP contribution in [0.5, 0.6) is 0 Å². The molecule has 0 spiro atoms. The van der Waals surface area contributed by atoms with Crippen molar-refractivity contribution in [3.8, 4) is 12.3 Å². The maximum Gasteiger partial charge on any atom is 0.0309 e. The molecular formula is C13H17N. The molecule has 1 heteroatoms. The fourth-order valence-electron chi connectivity index (χ4n) is 0.749. The predicted molar refractivity (Wildman–Crippen MR) is 63.7 cm³/mol. The zero-order valence-corrected chi connectivity index (χ0v) is 8.96. The van der Waals surface area contributed by atoms with Gasteiger partial charge in [0.25, 0.3) is 0 Å². The van der Waals surface area contributed by atoms with Crippen LogP contribution in [-0.4, -0.2) is 18.5 Å². The monoisotopic (exact) mass is 187 g/mol. The summed E-state index contributed by atoms with van der Waals surface area (Å²) in [7, 11) is 2.00. The molecule has 14 heavy (non-hydrogen) atoms. The van der Waals surface area contributed by atoms with E-state index < -0.39 is 0 Å². The summed E-state index contributed by atoms with van der Waals surface area (Å²) in [5, 5.41) is 0. The third kappa shape index (κ3) is 4.37. The maximum atomic E-state index is 5.32. The molecule has 0 aliphatic heterocycles. The van der Waals surface area contributed by atoms with Crippen molar-refractivity contribution >= 4 is 0 Å². The van der Waals surface area contributed by atoms with Gasteiger partial charge >= 0.3 is 0 Å². The van der Waals surface area contributed by atoms with E-state index in [1.807, 2.05) is 25.4 Å². The van der Waals surface area contributed by atoms with Gasteiger partial charge in [0.05, 0.1) is 0 Å². The zero-order valence-electron chi connectivity index (χ0n) is 8.96. The Hall–Kier alpha value is -1.68. The number of terminal acetylenes is 1. The minimum atomic E-state index is 0.765. The van der Waals surface area contributed by atoms with Crippen molar-refractivity contribution in [3.05, 3.63) is 48.7 Å². The number of allylic oxidation sites excluding steroid dienone is 5. The van der Waals surface area contributed by atoms with E-state index in [0.717, 1.165) is 17.7 Å². The van der Waals surface area contributed by atoms with Crippen LogP contribution in [0.3, 0.4) is 0 Å². The molecule has 0 rings (SSSR count). The van der Waals surface area contributed by atoms with Crippen molar-refractivity contribution in [2.45, 2.75) is 6.92 Å². The molecule has 0 saturated heterocycles. The Morgan fingerprint density at radius 1 is 1.57 bits per heavy atom. The first-order valence-electron chi connectivity index (χ1n) is 4.52. The van der Waals surface area contributed by atoms with Gasteiger partial charge in [-0.15, -0.1) is 6.42 Å². The molecule has 0 saturated carbocycles. The van der Waals surface area contributed by atoms with Crippen LogP contribution in [0.25, 0.3) is 0 Å². The molecule has 0 aromatic carbocycles. The quantitative estimate of drug-likeness (QED) is 0.472. The van der Waals surface area contributed by atoms with Crippen LogP contribution in [0.4, 0.5) is 0 Å². The Labute approximate surface area is 87.1 Å². The number of hydrogen-bond donors (Lipinski definition) is 0. The molecule has 0 fully saturated rings. The van der Waals surface area contributed by atoms with E-state index in [2.05, 4.69) is 30.9 Å². The molecule has 0 amide bonds. The molecule has 1 nitrogen and oxygen atoms in total. The van der Waals surface area contributed by atoms with Crippen molar-refractivity contribution < 1.29 is 0 Å². The highest BCUT2D eigenvalue weighted by Crippen LogP contribution is 2.06. The molecule has 0 radical (unpaired) electrons. The Kier molecular flexibility index (Phi) is 5.98. The van der Waals surface area contributed by atoms with Gasteiger partial charge in [0.1, 0.15) is 0 Å². The summed E-state index contributed by atoms with van der Waals surface area (Å²) >= 11 is 0. The number of nitrogens with zero attached hydrogens (tertiary/aromatic N) is 1. The second-order valence-corrected chi connectivity index (χ2v) is 2.87. The highest BCUT2D eigenvalue weighted by molar-refractivity contribution is 5.49. The first-order chi connectivity index (χ1) is 6.65. The first-order valence-corrected chi connectivity index (χ1v) is 4.52. The van der Waals surface area contributed by atoms with Crippen LogP contribution in [0.15, 0.2) is 48.7 Å². The predicted octanol–water partition coefficient (Wildman–Crippen LogP) is 2.75. The Bertz CT molecular complexity index is 300. The summed E-state index contributed by atoms with van der Waals surface area (Å²) in [5.74, 6) is 2.57. The van der Waals surface area contributed by atoms with Crippen LogP contribution in [0.1, 0.15) is 6.92 Å². The zero-order chi connectivity index (χ0) is 11.0. The molecule has 0 aliphatic rings. The van der Waals surface area contributed by atoms with Crippen LogP contribution in [0.2, 0.25) is 0 Å². The Morgan fingerprint density at radius 2 is 2.21 bits per heavy atom. The summed E-state index contributed by atoms with van der Waals surface area (Å²) < 4.78 is 0. The Morgan fingerprint density at radius 3 is 2.64 bits per heavy atom. The van der Waals surface area contributed by atoms with E-state index in [4.69, 9.17) is 6.42 Å². The average Bonchev–Trinajstić information content (AvgIpc) is 2.22. The van der Waals surface area contributed by atoms with Gasteiger partial charge in [-0.1, -0.05) is 25.2 Å². The molecule has 0 N–H and O–H groups in total. The van der Waals surface area contributed by atoms with Gasteiger partial charge in [-0.2, -0.15) is 0 Å². The maximum absolute atomic E-state index is 5.32. The van der Waals surface area contributed by atoms with E-state index in [1.165, 1.54) is 0 Å². The lowest BCUT2D eigenvalue weighted by atomic mass is 10.1. The lowest BCUT2D eigenvalue weighted by Gasteiger charge is -2.08.